The van der Waals surface area contributed by atoms with Gasteiger partial charge in [0.2, 0.25) is 0 Å². The molecule has 0 amide bonds. The van der Waals surface area contributed by atoms with Crippen molar-refractivity contribution in [2.24, 2.45) is 0 Å². The first-order chi connectivity index (χ1) is 7.74. The number of rotatable bonds is 6. The van der Waals surface area contributed by atoms with E-state index in [9.17, 15) is 4.39 Å². The highest BCUT2D eigenvalue weighted by Gasteiger charge is 2.16. The smallest absolute Gasteiger partial charge is 0.165 e. The average Bonchev–Trinajstić information content (AvgIpc) is 2.31. The molecule has 1 radical (unpaired) electrons. The highest BCUT2D eigenvalue weighted by atomic mass is 19.1. The van der Waals surface area contributed by atoms with Crippen LogP contribution in [0.5, 0.6) is 11.5 Å². The Hall–Kier alpha value is -1.25. The Kier molecular flexibility index (Phi) is 5.09. The van der Waals surface area contributed by atoms with Crippen molar-refractivity contribution >= 4 is 0 Å². The second-order valence-electron chi connectivity index (χ2n) is 3.41. The molecule has 0 unspecified atom stereocenters. The Morgan fingerprint density at radius 3 is 2.44 bits per heavy atom. The van der Waals surface area contributed by atoms with Crippen LogP contribution in [0.4, 0.5) is 4.39 Å². The molecule has 0 N–H and O–H groups in total. The first-order valence-electron chi connectivity index (χ1n) is 5.51. The Labute approximate surface area is 96.4 Å². The summed E-state index contributed by atoms with van der Waals surface area (Å²) in [5.41, 5.74) is 0.787. The van der Waals surface area contributed by atoms with Crippen molar-refractivity contribution in [3.05, 3.63) is 29.7 Å². The Bertz CT molecular complexity index is 326. The maximum atomic E-state index is 12.7. The molecule has 0 atom stereocenters. The van der Waals surface area contributed by atoms with E-state index in [-0.39, 0.29) is 0 Å². The molecule has 1 aromatic rings. The molecule has 16 heavy (non-hydrogen) atoms. The summed E-state index contributed by atoms with van der Waals surface area (Å²) in [5, 5.41) is 0. The minimum absolute atomic E-state index is 0.477. The molecule has 0 aliphatic heterocycles. The summed E-state index contributed by atoms with van der Waals surface area (Å²) >= 11 is 0. The summed E-state index contributed by atoms with van der Waals surface area (Å²) in [7, 11) is 0. The summed E-state index contributed by atoms with van der Waals surface area (Å²) in [4.78, 5) is 0. The summed E-state index contributed by atoms with van der Waals surface area (Å²) in [6.07, 6.45) is 0. The molecule has 1 rings (SSSR count). The predicted octanol–water partition coefficient (Wildman–Crippen LogP) is 3.40. The van der Waals surface area contributed by atoms with Crippen molar-refractivity contribution in [3.63, 3.8) is 0 Å². The lowest BCUT2D eigenvalue weighted by atomic mass is 10.0. The van der Waals surface area contributed by atoms with Gasteiger partial charge in [0.25, 0.3) is 0 Å². The standard InChI is InChI=1S/C13H18FO2/c1-4-15-12-8-6-7-11(10(3)9-14)13(12)16-5-2/h6-8H,4-5,9H2,1-3H3. The molecule has 89 valence electrons. The van der Waals surface area contributed by atoms with Crippen LogP contribution >= 0.6 is 0 Å². The molecule has 0 saturated heterocycles. The summed E-state index contributed by atoms with van der Waals surface area (Å²) in [5.74, 6) is 1.97. The van der Waals surface area contributed by atoms with Gasteiger partial charge in [-0.3, -0.25) is 4.39 Å². The van der Waals surface area contributed by atoms with Crippen molar-refractivity contribution in [2.75, 3.05) is 19.9 Å². The van der Waals surface area contributed by atoms with E-state index in [2.05, 4.69) is 0 Å². The zero-order valence-electron chi connectivity index (χ0n) is 10.0. The molecule has 0 aromatic heterocycles. The second kappa shape index (κ2) is 6.36. The van der Waals surface area contributed by atoms with E-state index in [0.29, 0.717) is 30.6 Å². The van der Waals surface area contributed by atoms with E-state index in [1.165, 1.54) is 0 Å². The molecule has 0 saturated carbocycles. The lowest BCUT2D eigenvalue weighted by molar-refractivity contribution is 0.285. The third-order valence-electron chi connectivity index (χ3n) is 2.23. The Balaban J connectivity index is 3.09. The number of ether oxygens (including phenoxy) is 2. The number of hydrogen-bond acceptors (Lipinski definition) is 2. The lowest BCUT2D eigenvalue weighted by Gasteiger charge is -2.17. The Morgan fingerprint density at radius 2 is 1.88 bits per heavy atom. The van der Waals surface area contributed by atoms with Gasteiger partial charge in [-0.25, -0.2) is 0 Å². The molecule has 0 aliphatic rings. The zero-order chi connectivity index (χ0) is 12.0. The van der Waals surface area contributed by atoms with Crippen LogP contribution in [0.1, 0.15) is 26.3 Å². The second-order valence-corrected chi connectivity index (χ2v) is 3.41. The maximum Gasteiger partial charge on any atom is 0.165 e. The van der Waals surface area contributed by atoms with Gasteiger partial charge in [0.05, 0.1) is 19.9 Å². The van der Waals surface area contributed by atoms with Gasteiger partial charge in [-0.15, -0.1) is 0 Å². The van der Waals surface area contributed by atoms with Gasteiger partial charge in [0.15, 0.2) is 11.5 Å². The summed E-state index contributed by atoms with van der Waals surface area (Å²) in [6, 6.07) is 5.54. The van der Waals surface area contributed by atoms with Crippen LogP contribution in [-0.4, -0.2) is 19.9 Å². The lowest BCUT2D eigenvalue weighted by Crippen LogP contribution is -2.05. The fourth-order valence-corrected chi connectivity index (χ4v) is 1.49. The van der Waals surface area contributed by atoms with Crippen LogP contribution in [0.3, 0.4) is 0 Å². The summed E-state index contributed by atoms with van der Waals surface area (Å²) < 4.78 is 23.7. The van der Waals surface area contributed by atoms with Crippen LogP contribution in [0, 0.1) is 5.92 Å². The predicted molar refractivity (Wildman–Crippen MR) is 62.8 cm³/mol. The number of hydrogen-bond donors (Lipinski definition) is 0. The van der Waals surface area contributed by atoms with E-state index in [1.807, 2.05) is 32.0 Å². The van der Waals surface area contributed by atoms with Gasteiger partial charge in [-0.2, -0.15) is 0 Å². The minimum atomic E-state index is -0.477. The molecule has 0 fully saturated rings. The fraction of sp³-hybridized carbons (Fsp3) is 0.462. The van der Waals surface area contributed by atoms with Gasteiger partial charge < -0.3 is 9.47 Å². The van der Waals surface area contributed by atoms with Crippen LogP contribution in [0.25, 0.3) is 0 Å². The van der Waals surface area contributed by atoms with E-state index >= 15 is 0 Å². The SMILES string of the molecule is CCOc1cccc([C](C)CF)c1OCC. The molecule has 0 bridgehead atoms. The highest BCUT2D eigenvalue weighted by Crippen LogP contribution is 2.35. The molecule has 0 aliphatic carbocycles. The van der Waals surface area contributed by atoms with Crippen molar-refractivity contribution in [1.82, 2.24) is 0 Å². The molecule has 1 aromatic carbocycles. The number of benzene rings is 1. The van der Waals surface area contributed by atoms with Gasteiger partial charge in [0, 0.05) is 11.5 Å². The van der Waals surface area contributed by atoms with E-state index < -0.39 is 6.67 Å². The quantitative estimate of drug-likeness (QED) is 0.738. The topological polar surface area (TPSA) is 18.5 Å². The van der Waals surface area contributed by atoms with Gasteiger partial charge in [-0.1, -0.05) is 19.1 Å². The Morgan fingerprint density at radius 1 is 1.19 bits per heavy atom. The molecule has 3 heteroatoms. The number of halogens is 1. The highest BCUT2D eigenvalue weighted by molar-refractivity contribution is 5.52. The fourth-order valence-electron chi connectivity index (χ4n) is 1.49. The molecule has 0 spiro atoms. The third-order valence-corrected chi connectivity index (χ3v) is 2.23. The number of alkyl halides is 1. The first-order valence-corrected chi connectivity index (χ1v) is 5.51. The average molecular weight is 225 g/mol. The van der Waals surface area contributed by atoms with Crippen LogP contribution < -0.4 is 9.47 Å². The van der Waals surface area contributed by atoms with Crippen molar-refractivity contribution < 1.29 is 13.9 Å². The largest absolute Gasteiger partial charge is 0.490 e. The number of para-hydroxylation sites is 1. The van der Waals surface area contributed by atoms with Crippen molar-refractivity contribution in [1.29, 1.82) is 0 Å². The van der Waals surface area contributed by atoms with Crippen LogP contribution in [0.2, 0.25) is 0 Å². The van der Waals surface area contributed by atoms with Gasteiger partial charge in [0.1, 0.15) is 0 Å². The van der Waals surface area contributed by atoms with E-state index in [1.54, 1.807) is 6.92 Å². The van der Waals surface area contributed by atoms with Crippen molar-refractivity contribution in [2.45, 2.75) is 20.8 Å². The molecular weight excluding hydrogens is 207 g/mol. The van der Waals surface area contributed by atoms with Crippen LogP contribution in [-0.2, 0) is 0 Å². The van der Waals surface area contributed by atoms with E-state index in [4.69, 9.17) is 9.47 Å². The van der Waals surface area contributed by atoms with Crippen molar-refractivity contribution in [3.8, 4) is 11.5 Å². The molecular formula is C13H18FO2. The maximum absolute atomic E-state index is 12.7. The molecule has 0 heterocycles. The minimum Gasteiger partial charge on any atom is -0.490 e. The van der Waals surface area contributed by atoms with Crippen LogP contribution in [0.15, 0.2) is 18.2 Å². The normalized spacial score (nSPS) is 10.6. The third kappa shape index (κ3) is 2.87. The monoisotopic (exact) mass is 225 g/mol. The van der Waals surface area contributed by atoms with E-state index in [0.717, 1.165) is 5.56 Å². The van der Waals surface area contributed by atoms with Gasteiger partial charge >= 0.3 is 0 Å². The van der Waals surface area contributed by atoms with Gasteiger partial charge in [-0.05, 0) is 19.9 Å². The summed E-state index contributed by atoms with van der Waals surface area (Å²) in [6.45, 7) is 6.20. The zero-order valence-corrected chi connectivity index (χ0v) is 10.0. The molecule has 2 nitrogen and oxygen atoms in total. The first kappa shape index (κ1) is 12.8.